The standard InChI is InChI=1S/C14H18ClN3/c1-10-5-8-16-13-12(10)17-11(9-15)18(13)14(2)6-3-4-7-14/h5,8H,3-4,6-7,9H2,1-2H3. The topological polar surface area (TPSA) is 30.7 Å². The van der Waals surface area contributed by atoms with Crippen molar-refractivity contribution in [2.24, 2.45) is 0 Å². The van der Waals surface area contributed by atoms with Crippen molar-refractivity contribution in [3.05, 3.63) is 23.7 Å². The molecule has 3 rings (SSSR count). The van der Waals surface area contributed by atoms with Crippen LogP contribution in [-0.4, -0.2) is 14.5 Å². The molecule has 1 saturated carbocycles. The van der Waals surface area contributed by atoms with Crippen LogP contribution in [0.1, 0.15) is 44.0 Å². The monoisotopic (exact) mass is 263 g/mol. The zero-order valence-corrected chi connectivity index (χ0v) is 11.7. The summed E-state index contributed by atoms with van der Waals surface area (Å²) < 4.78 is 2.29. The molecule has 18 heavy (non-hydrogen) atoms. The molecule has 96 valence electrons. The number of hydrogen-bond donors (Lipinski definition) is 0. The summed E-state index contributed by atoms with van der Waals surface area (Å²) in [4.78, 5) is 9.23. The maximum Gasteiger partial charge on any atom is 0.160 e. The Kier molecular flexibility index (Phi) is 2.81. The van der Waals surface area contributed by atoms with Gasteiger partial charge in [-0.25, -0.2) is 9.97 Å². The van der Waals surface area contributed by atoms with Crippen molar-refractivity contribution in [1.82, 2.24) is 14.5 Å². The Morgan fingerprint density at radius 3 is 2.78 bits per heavy atom. The van der Waals surface area contributed by atoms with Gasteiger partial charge < -0.3 is 4.57 Å². The zero-order valence-electron chi connectivity index (χ0n) is 10.9. The molecule has 0 spiro atoms. The van der Waals surface area contributed by atoms with E-state index in [1.807, 2.05) is 12.3 Å². The van der Waals surface area contributed by atoms with E-state index in [-0.39, 0.29) is 5.54 Å². The van der Waals surface area contributed by atoms with Crippen molar-refractivity contribution in [1.29, 1.82) is 0 Å². The molecule has 1 aliphatic carbocycles. The van der Waals surface area contributed by atoms with Crippen molar-refractivity contribution in [3.63, 3.8) is 0 Å². The number of pyridine rings is 1. The minimum Gasteiger partial charge on any atom is -0.306 e. The molecule has 2 heterocycles. The van der Waals surface area contributed by atoms with E-state index in [0.717, 1.165) is 17.0 Å². The molecule has 1 fully saturated rings. The molecule has 2 aromatic heterocycles. The first-order chi connectivity index (χ1) is 8.65. The van der Waals surface area contributed by atoms with Gasteiger partial charge in [0.1, 0.15) is 11.3 Å². The highest BCUT2D eigenvalue weighted by molar-refractivity contribution is 6.16. The van der Waals surface area contributed by atoms with Gasteiger partial charge in [0, 0.05) is 11.7 Å². The molecular formula is C14H18ClN3. The lowest BCUT2D eigenvalue weighted by molar-refractivity contribution is 0.329. The number of imidazole rings is 1. The van der Waals surface area contributed by atoms with E-state index in [2.05, 4.69) is 28.4 Å². The lowest BCUT2D eigenvalue weighted by Gasteiger charge is -2.27. The quantitative estimate of drug-likeness (QED) is 0.773. The summed E-state index contributed by atoms with van der Waals surface area (Å²) in [6, 6.07) is 2.01. The van der Waals surface area contributed by atoms with Crippen LogP contribution < -0.4 is 0 Å². The van der Waals surface area contributed by atoms with Gasteiger partial charge in [-0.15, -0.1) is 11.6 Å². The van der Waals surface area contributed by atoms with Crippen LogP contribution in [0.3, 0.4) is 0 Å². The molecule has 0 N–H and O–H groups in total. The van der Waals surface area contributed by atoms with Crippen LogP contribution in [-0.2, 0) is 11.4 Å². The van der Waals surface area contributed by atoms with E-state index in [4.69, 9.17) is 11.6 Å². The average molecular weight is 264 g/mol. The molecule has 2 aromatic rings. The fourth-order valence-corrected chi connectivity index (χ4v) is 3.34. The summed E-state index contributed by atoms with van der Waals surface area (Å²) >= 11 is 6.09. The summed E-state index contributed by atoms with van der Waals surface area (Å²) in [7, 11) is 0. The molecule has 0 amide bonds. The lowest BCUT2D eigenvalue weighted by Crippen LogP contribution is -2.28. The number of alkyl halides is 1. The van der Waals surface area contributed by atoms with Gasteiger partial charge in [0.15, 0.2) is 5.65 Å². The second-order valence-corrected chi connectivity index (χ2v) is 5.77. The summed E-state index contributed by atoms with van der Waals surface area (Å²) in [6.45, 7) is 4.39. The molecule has 0 saturated heterocycles. The first-order valence-corrected chi connectivity index (χ1v) is 7.08. The molecule has 0 atom stereocenters. The van der Waals surface area contributed by atoms with Crippen LogP contribution >= 0.6 is 11.6 Å². The highest BCUT2D eigenvalue weighted by Crippen LogP contribution is 2.39. The first-order valence-electron chi connectivity index (χ1n) is 6.55. The van der Waals surface area contributed by atoms with E-state index >= 15 is 0 Å². The largest absolute Gasteiger partial charge is 0.306 e. The number of aromatic nitrogens is 3. The molecule has 0 aromatic carbocycles. The highest BCUT2D eigenvalue weighted by Gasteiger charge is 2.34. The normalized spacial score (nSPS) is 18.6. The Bertz CT molecular complexity index is 582. The maximum atomic E-state index is 6.09. The van der Waals surface area contributed by atoms with Gasteiger partial charge in [0.25, 0.3) is 0 Å². The van der Waals surface area contributed by atoms with E-state index in [1.165, 1.54) is 31.2 Å². The molecule has 1 aliphatic rings. The van der Waals surface area contributed by atoms with Crippen LogP contribution in [0.25, 0.3) is 11.2 Å². The Balaban J connectivity index is 2.29. The van der Waals surface area contributed by atoms with Crippen LogP contribution in [0.15, 0.2) is 12.3 Å². The van der Waals surface area contributed by atoms with Gasteiger partial charge in [0.05, 0.1) is 5.88 Å². The zero-order chi connectivity index (χ0) is 12.8. The minimum atomic E-state index is 0.139. The number of fused-ring (bicyclic) bond motifs is 1. The van der Waals surface area contributed by atoms with E-state index in [1.54, 1.807) is 0 Å². The molecule has 0 bridgehead atoms. The molecular weight excluding hydrogens is 246 g/mol. The molecule has 0 aliphatic heterocycles. The van der Waals surface area contributed by atoms with Gasteiger partial charge in [-0.3, -0.25) is 0 Å². The smallest absolute Gasteiger partial charge is 0.160 e. The van der Waals surface area contributed by atoms with Crippen molar-refractivity contribution < 1.29 is 0 Å². The molecule has 3 nitrogen and oxygen atoms in total. The molecule has 4 heteroatoms. The van der Waals surface area contributed by atoms with E-state index in [9.17, 15) is 0 Å². The summed E-state index contributed by atoms with van der Waals surface area (Å²) in [5.74, 6) is 1.41. The predicted molar refractivity (Wildman–Crippen MR) is 73.9 cm³/mol. The van der Waals surface area contributed by atoms with Crippen molar-refractivity contribution in [2.75, 3.05) is 0 Å². The fourth-order valence-electron chi connectivity index (χ4n) is 3.16. The Morgan fingerprint density at radius 2 is 2.11 bits per heavy atom. The fraction of sp³-hybridized carbons (Fsp3) is 0.571. The van der Waals surface area contributed by atoms with E-state index < -0.39 is 0 Å². The van der Waals surface area contributed by atoms with Crippen LogP contribution in [0.5, 0.6) is 0 Å². The first kappa shape index (κ1) is 12.0. The van der Waals surface area contributed by atoms with Crippen LogP contribution in [0, 0.1) is 6.92 Å². The Morgan fingerprint density at radius 1 is 1.39 bits per heavy atom. The number of rotatable bonds is 2. The van der Waals surface area contributed by atoms with Crippen LogP contribution in [0.2, 0.25) is 0 Å². The SMILES string of the molecule is Cc1ccnc2c1nc(CCl)n2C1(C)CCCC1. The third-order valence-electron chi connectivity index (χ3n) is 4.16. The minimum absolute atomic E-state index is 0.139. The number of hydrogen-bond acceptors (Lipinski definition) is 2. The van der Waals surface area contributed by atoms with Gasteiger partial charge in [-0.2, -0.15) is 0 Å². The summed E-state index contributed by atoms with van der Waals surface area (Å²) in [5, 5.41) is 0. The second-order valence-electron chi connectivity index (χ2n) is 5.50. The Hall–Kier alpha value is -1.09. The lowest BCUT2D eigenvalue weighted by atomic mass is 10.00. The van der Waals surface area contributed by atoms with Crippen molar-refractivity contribution in [2.45, 2.75) is 50.9 Å². The number of aryl methyl sites for hydroxylation is 1. The number of nitrogens with zero attached hydrogens (tertiary/aromatic N) is 3. The summed E-state index contributed by atoms with van der Waals surface area (Å²) in [5.41, 5.74) is 3.31. The van der Waals surface area contributed by atoms with Gasteiger partial charge in [-0.05, 0) is 38.3 Å². The van der Waals surface area contributed by atoms with Gasteiger partial charge in [-0.1, -0.05) is 12.8 Å². The second kappa shape index (κ2) is 4.23. The highest BCUT2D eigenvalue weighted by atomic mass is 35.5. The third kappa shape index (κ3) is 1.64. The van der Waals surface area contributed by atoms with Crippen LogP contribution in [0.4, 0.5) is 0 Å². The van der Waals surface area contributed by atoms with E-state index in [0.29, 0.717) is 5.88 Å². The Labute approximate surface area is 112 Å². The number of halogens is 1. The van der Waals surface area contributed by atoms with Gasteiger partial charge in [0.2, 0.25) is 0 Å². The molecule has 0 unspecified atom stereocenters. The average Bonchev–Trinajstić information content (AvgIpc) is 2.94. The summed E-state index contributed by atoms with van der Waals surface area (Å²) in [6.07, 6.45) is 6.82. The molecule has 0 radical (unpaired) electrons. The van der Waals surface area contributed by atoms with Gasteiger partial charge >= 0.3 is 0 Å². The van der Waals surface area contributed by atoms with Crippen molar-refractivity contribution >= 4 is 22.8 Å². The third-order valence-corrected chi connectivity index (χ3v) is 4.40. The van der Waals surface area contributed by atoms with Crippen molar-refractivity contribution in [3.8, 4) is 0 Å². The predicted octanol–water partition coefficient (Wildman–Crippen LogP) is 3.77. The maximum absolute atomic E-state index is 6.09.